The van der Waals surface area contributed by atoms with Crippen LogP contribution < -0.4 is 5.32 Å². The molecule has 0 amide bonds. The third kappa shape index (κ3) is 3.15. The summed E-state index contributed by atoms with van der Waals surface area (Å²) in [6.45, 7) is 3.94. The summed E-state index contributed by atoms with van der Waals surface area (Å²) in [7, 11) is 0. The van der Waals surface area contributed by atoms with Gasteiger partial charge in [0.05, 0.1) is 17.2 Å². The SMILES string of the molecule is C=Cn1cc(CNc2cc(F)cc([N+](=O)[O-])c2)cn1. The van der Waals surface area contributed by atoms with E-state index in [-0.39, 0.29) is 5.69 Å². The smallest absolute Gasteiger partial charge is 0.274 e. The van der Waals surface area contributed by atoms with E-state index in [1.807, 2.05) is 0 Å². The Morgan fingerprint density at radius 1 is 1.53 bits per heavy atom. The Balaban J connectivity index is 2.10. The van der Waals surface area contributed by atoms with E-state index >= 15 is 0 Å². The maximum absolute atomic E-state index is 13.2. The number of nitrogens with zero attached hydrogens (tertiary/aromatic N) is 3. The Hall–Kier alpha value is -2.70. The van der Waals surface area contributed by atoms with Crippen molar-refractivity contribution in [3.63, 3.8) is 0 Å². The fraction of sp³-hybridized carbons (Fsp3) is 0.0833. The largest absolute Gasteiger partial charge is 0.381 e. The van der Waals surface area contributed by atoms with E-state index in [4.69, 9.17) is 0 Å². The molecule has 6 nitrogen and oxygen atoms in total. The number of benzene rings is 1. The van der Waals surface area contributed by atoms with Crippen LogP contribution in [0.3, 0.4) is 0 Å². The van der Waals surface area contributed by atoms with E-state index in [2.05, 4.69) is 17.0 Å². The summed E-state index contributed by atoms with van der Waals surface area (Å²) in [5.41, 5.74) is 0.911. The van der Waals surface area contributed by atoms with Crippen LogP contribution in [0.5, 0.6) is 0 Å². The van der Waals surface area contributed by atoms with Crippen molar-refractivity contribution in [1.29, 1.82) is 0 Å². The number of anilines is 1. The van der Waals surface area contributed by atoms with Crippen LogP contribution in [0.4, 0.5) is 15.8 Å². The molecule has 1 aromatic heterocycles. The molecule has 1 aromatic carbocycles. The van der Waals surface area contributed by atoms with Gasteiger partial charge in [-0.15, -0.1) is 0 Å². The fourth-order valence-electron chi connectivity index (χ4n) is 1.55. The minimum absolute atomic E-state index is 0.288. The van der Waals surface area contributed by atoms with Gasteiger partial charge in [0, 0.05) is 36.3 Å². The molecule has 2 aromatic rings. The minimum Gasteiger partial charge on any atom is -0.381 e. The van der Waals surface area contributed by atoms with Gasteiger partial charge in [0.15, 0.2) is 0 Å². The van der Waals surface area contributed by atoms with Crippen molar-refractivity contribution in [3.8, 4) is 0 Å². The van der Waals surface area contributed by atoms with Gasteiger partial charge in [0.25, 0.3) is 5.69 Å². The average molecular weight is 262 g/mol. The number of halogens is 1. The average Bonchev–Trinajstić information content (AvgIpc) is 2.83. The number of nitro groups is 1. The van der Waals surface area contributed by atoms with Gasteiger partial charge in [-0.3, -0.25) is 10.1 Å². The van der Waals surface area contributed by atoms with Gasteiger partial charge in [0.2, 0.25) is 0 Å². The number of rotatable bonds is 5. The highest BCUT2D eigenvalue weighted by Crippen LogP contribution is 2.20. The quantitative estimate of drug-likeness (QED) is 0.664. The lowest BCUT2D eigenvalue weighted by Gasteiger charge is -2.04. The summed E-state index contributed by atoms with van der Waals surface area (Å²) < 4.78 is 14.7. The second kappa shape index (κ2) is 5.30. The van der Waals surface area contributed by atoms with E-state index in [0.29, 0.717) is 12.2 Å². The van der Waals surface area contributed by atoms with Gasteiger partial charge >= 0.3 is 0 Å². The van der Waals surface area contributed by atoms with Crippen LogP contribution in [-0.2, 0) is 6.54 Å². The van der Waals surface area contributed by atoms with E-state index in [9.17, 15) is 14.5 Å². The molecule has 0 unspecified atom stereocenters. The van der Waals surface area contributed by atoms with Crippen LogP contribution >= 0.6 is 0 Å². The van der Waals surface area contributed by atoms with Crippen LogP contribution in [0.2, 0.25) is 0 Å². The normalized spacial score (nSPS) is 10.2. The molecule has 0 fully saturated rings. The zero-order valence-electron chi connectivity index (χ0n) is 9.91. The van der Waals surface area contributed by atoms with Crippen molar-refractivity contribution in [2.45, 2.75) is 6.54 Å². The second-order valence-corrected chi connectivity index (χ2v) is 3.82. The van der Waals surface area contributed by atoms with E-state index < -0.39 is 10.7 Å². The first-order valence-electron chi connectivity index (χ1n) is 5.43. The van der Waals surface area contributed by atoms with E-state index in [1.165, 1.54) is 23.0 Å². The lowest BCUT2D eigenvalue weighted by Crippen LogP contribution is -2.00. The van der Waals surface area contributed by atoms with Crippen molar-refractivity contribution in [2.75, 3.05) is 5.32 Å². The highest BCUT2D eigenvalue weighted by Gasteiger charge is 2.09. The predicted molar refractivity (Wildman–Crippen MR) is 69.0 cm³/mol. The molecule has 0 aliphatic carbocycles. The first-order chi connectivity index (χ1) is 9.08. The highest BCUT2D eigenvalue weighted by atomic mass is 19.1. The molecule has 0 saturated heterocycles. The Morgan fingerprint density at radius 3 is 2.95 bits per heavy atom. The van der Waals surface area contributed by atoms with Crippen molar-refractivity contribution >= 4 is 17.6 Å². The maximum Gasteiger partial charge on any atom is 0.274 e. The Labute approximate surface area is 108 Å². The van der Waals surface area contributed by atoms with E-state index in [1.54, 1.807) is 12.4 Å². The molecule has 7 heteroatoms. The van der Waals surface area contributed by atoms with Crippen molar-refractivity contribution in [1.82, 2.24) is 9.78 Å². The fourth-order valence-corrected chi connectivity index (χ4v) is 1.55. The van der Waals surface area contributed by atoms with Crippen LogP contribution in [0.25, 0.3) is 6.20 Å². The summed E-state index contributed by atoms with van der Waals surface area (Å²) in [4.78, 5) is 9.97. The maximum atomic E-state index is 13.2. The van der Waals surface area contributed by atoms with Gasteiger partial charge in [-0.05, 0) is 6.07 Å². The molecule has 98 valence electrons. The van der Waals surface area contributed by atoms with Crippen LogP contribution in [0.15, 0.2) is 37.2 Å². The molecule has 0 bridgehead atoms. The van der Waals surface area contributed by atoms with Gasteiger partial charge in [-0.2, -0.15) is 5.10 Å². The molecule has 0 atom stereocenters. The zero-order chi connectivity index (χ0) is 13.8. The molecule has 1 heterocycles. The van der Waals surface area contributed by atoms with Gasteiger partial charge in [0.1, 0.15) is 5.82 Å². The lowest BCUT2D eigenvalue weighted by molar-refractivity contribution is -0.385. The second-order valence-electron chi connectivity index (χ2n) is 3.82. The van der Waals surface area contributed by atoms with Gasteiger partial charge < -0.3 is 5.32 Å². The molecule has 0 radical (unpaired) electrons. The molecule has 1 N–H and O–H groups in total. The van der Waals surface area contributed by atoms with Crippen LogP contribution in [0, 0.1) is 15.9 Å². The number of non-ortho nitro benzene ring substituents is 1. The van der Waals surface area contributed by atoms with Crippen molar-refractivity contribution in [3.05, 3.63) is 58.7 Å². The monoisotopic (exact) mass is 262 g/mol. The molecule has 0 aliphatic rings. The van der Waals surface area contributed by atoms with Gasteiger partial charge in [-0.1, -0.05) is 6.58 Å². The third-order valence-corrected chi connectivity index (χ3v) is 2.43. The molecular weight excluding hydrogens is 251 g/mol. The topological polar surface area (TPSA) is 73.0 Å². The molecule has 19 heavy (non-hydrogen) atoms. The first kappa shape index (κ1) is 12.7. The minimum atomic E-state index is -0.654. The Morgan fingerprint density at radius 2 is 2.32 bits per heavy atom. The Bertz CT molecular complexity index is 624. The molecule has 0 saturated carbocycles. The molecular formula is C12H11FN4O2. The summed E-state index contributed by atoms with van der Waals surface area (Å²) in [6.07, 6.45) is 4.91. The molecule has 2 rings (SSSR count). The highest BCUT2D eigenvalue weighted by molar-refractivity contribution is 5.51. The molecule has 0 aliphatic heterocycles. The summed E-state index contributed by atoms with van der Waals surface area (Å²) in [6, 6.07) is 3.35. The summed E-state index contributed by atoms with van der Waals surface area (Å²) in [5, 5.41) is 17.5. The van der Waals surface area contributed by atoms with Crippen molar-refractivity contribution < 1.29 is 9.31 Å². The van der Waals surface area contributed by atoms with Crippen molar-refractivity contribution in [2.24, 2.45) is 0 Å². The first-order valence-corrected chi connectivity index (χ1v) is 5.43. The summed E-state index contributed by atoms with van der Waals surface area (Å²) in [5.74, 6) is -0.654. The number of aromatic nitrogens is 2. The van der Waals surface area contributed by atoms with Crippen LogP contribution in [0.1, 0.15) is 5.56 Å². The van der Waals surface area contributed by atoms with Gasteiger partial charge in [-0.25, -0.2) is 9.07 Å². The number of nitro benzene ring substituents is 1. The number of hydrogen-bond donors (Lipinski definition) is 1. The lowest BCUT2D eigenvalue weighted by atomic mass is 10.2. The Kier molecular flexibility index (Phi) is 3.56. The standard InChI is InChI=1S/C12H11FN4O2/c1-2-16-8-9(7-15-16)6-14-11-3-10(13)4-12(5-11)17(18)19/h2-5,7-8,14H,1,6H2. The third-order valence-electron chi connectivity index (χ3n) is 2.43. The van der Waals surface area contributed by atoms with E-state index in [0.717, 1.165) is 11.6 Å². The number of nitrogens with one attached hydrogen (secondary N) is 1. The zero-order valence-corrected chi connectivity index (χ0v) is 9.91. The van der Waals surface area contributed by atoms with Crippen LogP contribution in [-0.4, -0.2) is 14.7 Å². The predicted octanol–water partition coefficient (Wildman–Crippen LogP) is 2.64. The molecule has 0 spiro atoms. The number of hydrogen-bond acceptors (Lipinski definition) is 4. The summed E-state index contributed by atoms with van der Waals surface area (Å²) >= 11 is 0.